The molecule has 2 atom stereocenters. The van der Waals surface area contributed by atoms with Gasteiger partial charge in [-0.25, -0.2) is 4.39 Å². The van der Waals surface area contributed by atoms with Gasteiger partial charge >= 0.3 is 0 Å². The highest BCUT2D eigenvalue weighted by atomic mass is 19.1. The van der Waals surface area contributed by atoms with Crippen LogP contribution in [0.15, 0.2) is 24.3 Å². The van der Waals surface area contributed by atoms with Crippen molar-refractivity contribution in [3.8, 4) is 0 Å². The second-order valence-electron chi connectivity index (χ2n) is 5.45. The lowest BCUT2D eigenvalue weighted by atomic mass is 9.98. The maximum atomic E-state index is 13.0. The van der Waals surface area contributed by atoms with Crippen LogP contribution in [0.5, 0.6) is 0 Å². The minimum Gasteiger partial charge on any atom is -0.355 e. The van der Waals surface area contributed by atoms with E-state index in [-0.39, 0.29) is 17.8 Å². The molecule has 1 fully saturated rings. The highest BCUT2D eigenvalue weighted by Crippen LogP contribution is 2.21. The van der Waals surface area contributed by atoms with Gasteiger partial charge in [-0.1, -0.05) is 31.9 Å². The minimum atomic E-state index is -0.201. The number of carbonyl (C=O) groups is 1. The molecule has 4 heteroatoms. The van der Waals surface area contributed by atoms with Gasteiger partial charge in [0, 0.05) is 25.0 Å². The molecule has 1 aliphatic heterocycles. The highest BCUT2D eigenvalue weighted by Gasteiger charge is 2.21. The Kier molecular flexibility index (Phi) is 5.53. The molecule has 1 amide bonds. The van der Waals surface area contributed by atoms with Crippen molar-refractivity contribution in [3.05, 3.63) is 35.6 Å². The van der Waals surface area contributed by atoms with Gasteiger partial charge in [-0.15, -0.1) is 0 Å². The van der Waals surface area contributed by atoms with Crippen LogP contribution in [-0.4, -0.2) is 18.5 Å². The number of amides is 1. The summed E-state index contributed by atoms with van der Waals surface area (Å²) in [7, 11) is 0. The molecule has 1 saturated heterocycles. The van der Waals surface area contributed by atoms with Gasteiger partial charge in [0.05, 0.1) is 0 Å². The fourth-order valence-corrected chi connectivity index (χ4v) is 2.61. The number of hydrogen-bond acceptors (Lipinski definition) is 2. The summed E-state index contributed by atoms with van der Waals surface area (Å²) in [6.07, 6.45) is 4.76. The van der Waals surface area contributed by atoms with E-state index in [0.29, 0.717) is 19.0 Å². The molecule has 3 nitrogen and oxygen atoms in total. The number of benzene rings is 1. The maximum absolute atomic E-state index is 13.0. The second kappa shape index (κ2) is 7.39. The molecule has 20 heavy (non-hydrogen) atoms. The van der Waals surface area contributed by atoms with Gasteiger partial charge < -0.3 is 10.6 Å². The number of halogens is 1. The molecule has 0 aliphatic carbocycles. The molecule has 1 heterocycles. The zero-order valence-corrected chi connectivity index (χ0v) is 12.0. The molecule has 110 valence electrons. The zero-order valence-electron chi connectivity index (χ0n) is 12.0. The normalized spacial score (nSPS) is 20.5. The fourth-order valence-electron chi connectivity index (χ4n) is 2.61. The molecule has 0 radical (unpaired) electrons. The summed E-state index contributed by atoms with van der Waals surface area (Å²) < 4.78 is 13.0. The summed E-state index contributed by atoms with van der Waals surface area (Å²) in [6, 6.07) is 7.26. The number of rotatable bonds is 6. The van der Waals surface area contributed by atoms with E-state index in [9.17, 15) is 9.18 Å². The Morgan fingerprint density at radius 3 is 2.75 bits per heavy atom. The van der Waals surface area contributed by atoms with Crippen molar-refractivity contribution in [2.24, 2.45) is 0 Å². The molecule has 2 rings (SSSR count). The van der Waals surface area contributed by atoms with Crippen molar-refractivity contribution in [1.29, 1.82) is 0 Å². The number of hydrogen-bond donors (Lipinski definition) is 2. The van der Waals surface area contributed by atoms with Gasteiger partial charge in [0.2, 0.25) is 5.91 Å². The summed E-state index contributed by atoms with van der Waals surface area (Å²) >= 11 is 0. The SMILES string of the molecule is CCCCC(NC1CCC(=O)NC1)c1ccc(F)cc1. The van der Waals surface area contributed by atoms with Crippen molar-refractivity contribution in [1.82, 2.24) is 10.6 Å². The molecule has 0 saturated carbocycles. The number of piperidine rings is 1. The molecule has 1 aromatic carbocycles. The summed E-state index contributed by atoms with van der Waals surface area (Å²) in [5, 5.41) is 6.50. The van der Waals surface area contributed by atoms with E-state index in [1.54, 1.807) is 0 Å². The van der Waals surface area contributed by atoms with Gasteiger partial charge in [-0.3, -0.25) is 4.79 Å². The first-order valence-corrected chi connectivity index (χ1v) is 7.47. The smallest absolute Gasteiger partial charge is 0.220 e. The van der Waals surface area contributed by atoms with Crippen molar-refractivity contribution < 1.29 is 9.18 Å². The van der Waals surface area contributed by atoms with Crippen molar-refractivity contribution in [2.75, 3.05) is 6.54 Å². The van der Waals surface area contributed by atoms with Crippen LogP contribution in [0.1, 0.15) is 50.6 Å². The maximum Gasteiger partial charge on any atom is 0.220 e. The Hall–Kier alpha value is -1.42. The summed E-state index contributed by atoms with van der Waals surface area (Å²) in [5.41, 5.74) is 1.12. The largest absolute Gasteiger partial charge is 0.355 e. The molecule has 1 aliphatic rings. The fraction of sp³-hybridized carbons (Fsp3) is 0.562. The van der Waals surface area contributed by atoms with E-state index >= 15 is 0 Å². The van der Waals surface area contributed by atoms with Crippen LogP contribution in [-0.2, 0) is 4.79 Å². The lowest BCUT2D eigenvalue weighted by Gasteiger charge is -2.29. The van der Waals surface area contributed by atoms with E-state index in [1.165, 1.54) is 12.1 Å². The molecule has 2 unspecified atom stereocenters. The Labute approximate surface area is 120 Å². The van der Waals surface area contributed by atoms with E-state index < -0.39 is 0 Å². The van der Waals surface area contributed by atoms with Crippen LogP contribution in [0.4, 0.5) is 4.39 Å². The lowest BCUT2D eigenvalue weighted by molar-refractivity contribution is -0.122. The lowest BCUT2D eigenvalue weighted by Crippen LogP contribution is -2.46. The summed E-state index contributed by atoms with van der Waals surface area (Å²) in [5.74, 6) is -0.0668. The molecular weight excluding hydrogens is 255 g/mol. The average molecular weight is 278 g/mol. The van der Waals surface area contributed by atoms with Crippen LogP contribution < -0.4 is 10.6 Å². The number of carbonyl (C=O) groups excluding carboxylic acids is 1. The van der Waals surface area contributed by atoms with E-state index in [4.69, 9.17) is 0 Å². The average Bonchev–Trinajstić information content (AvgIpc) is 2.46. The third-order valence-electron chi connectivity index (χ3n) is 3.82. The van der Waals surface area contributed by atoms with Gasteiger partial charge in [-0.2, -0.15) is 0 Å². The van der Waals surface area contributed by atoms with Crippen LogP contribution in [0.3, 0.4) is 0 Å². The van der Waals surface area contributed by atoms with E-state index in [1.807, 2.05) is 12.1 Å². The third-order valence-corrected chi connectivity index (χ3v) is 3.82. The Bertz CT molecular complexity index is 423. The van der Waals surface area contributed by atoms with Crippen LogP contribution >= 0.6 is 0 Å². The second-order valence-corrected chi connectivity index (χ2v) is 5.45. The molecule has 1 aromatic rings. The molecule has 0 aromatic heterocycles. The van der Waals surface area contributed by atoms with Gasteiger partial charge in [0.25, 0.3) is 0 Å². The monoisotopic (exact) mass is 278 g/mol. The van der Waals surface area contributed by atoms with E-state index in [2.05, 4.69) is 17.6 Å². The summed E-state index contributed by atoms with van der Waals surface area (Å²) in [4.78, 5) is 11.2. The Morgan fingerprint density at radius 1 is 1.40 bits per heavy atom. The number of nitrogens with one attached hydrogen (secondary N) is 2. The van der Waals surface area contributed by atoms with Gasteiger partial charge in [0.1, 0.15) is 5.82 Å². The zero-order chi connectivity index (χ0) is 14.4. The predicted molar refractivity (Wildman–Crippen MR) is 77.8 cm³/mol. The first kappa shape index (κ1) is 15.0. The molecule has 0 bridgehead atoms. The Balaban J connectivity index is 1.99. The van der Waals surface area contributed by atoms with Crippen molar-refractivity contribution in [3.63, 3.8) is 0 Å². The van der Waals surface area contributed by atoms with E-state index in [0.717, 1.165) is 31.2 Å². The first-order valence-electron chi connectivity index (χ1n) is 7.47. The summed E-state index contributed by atoms with van der Waals surface area (Å²) in [6.45, 7) is 2.85. The van der Waals surface area contributed by atoms with Gasteiger partial charge in [-0.05, 0) is 30.5 Å². The van der Waals surface area contributed by atoms with Crippen LogP contribution in [0.25, 0.3) is 0 Å². The predicted octanol–water partition coefficient (Wildman–Crippen LogP) is 2.93. The molecule has 2 N–H and O–H groups in total. The van der Waals surface area contributed by atoms with Crippen LogP contribution in [0.2, 0.25) is 0 Å². The first-order chi connectivity index (χ1) is 9.69. The van der Waals surface area contributed by atoms with Gasteiger partial charge in [0.15, 0.2) is 0 Å². The quantitative estimate of drug-likeness (QED) is 0.840. The standard InChI is InChI=1S/C16H23FN2O/c1-2-3-4-15(12-5-7-13(17)8-6-12)19-14-9-10-16(20)18-11-14/h5-8,14-15,19H,2-4,9-11H2,1H3,(H,18,20). The highest BCUT2D eigenvalue weighted by molar-refractivity contribution is 5.76. The minimum absolute atomic E-state index is 0.134. The third kappa shape index (κ3) is 4.30. The number of unbranched alkanes of at least 4 members (excludes halogenated alkanes) is 1. The Morgan fingerprint density at radius 2 is 2.15 bits per heavy atom. The molecule has 0 spiro atoms. The van der Waals surface area contributed by atoms with Crippen LogP contribution in [0, 0.1) is 5.82 Å². The van der Waals surface area contributed by atoms with Crippen molar-refractivity contribution >= 4 is 5.91 Å². The van der Waals surface area contributed by atoms with Crippen molar-refractivity contribution in [2.45, 2.75) is 51.1 Å². The topological polar surface area (TPSA) is 41.1 Å². The molecular formula is C16H23FN2O.